The van der Waals surface area contributed by atoms with Crippen molar-refractivity contribution in [2.75, 3.05) is 31.6 Å². The van der Waals surface area contributed by atoms with Gasteiger partial charge in [-0.1, -0.05) is 15.9 Å². The number of nitrogens with zero attached hydrogens (tertiary/aromatic N) is 1. The highest BCUT2D eigenvalue weighted by Crippen LogP contribution is 2.23. The summed E-state index contributed by atoms with van der Waals surface area (Å²) >= 11 is 3.15. The number of hydrogen-bond donors (Lipinski definition) is 1. The molecule has 1 aliphatic heterocycles. The molecule has 1 N–H and O–H groups in total. The molecule has 2 aromatic rings. The summed E-state index contributed by atoms with van der Waals surface area (Å²) in [5.41, 5.74) is 0.405. The lowest BCUT2D eigenvalue weighted by molar-refractivity contribution is -0.122. The molecule has 29 heavy (non-hydrogen) atoms. The third-order valence-corrected chi connectivity index (χ3v) is 6.70. The van der Waals surface area contributed by atoms with Gasteiger partial charge in [0.15, 0.2) is 17.7 Å². The van der Waals surface area contributed by atoms with Crippen LogP contribution in [-0.4, -0.2) is 51.0 Å². The summed E-state index contributed by atoms with van der Waals surface area (Å²) < 4.78 is 51.6. The van der Waals surface area contributed by atoms with E-state index in [0.29, 0.717) is 36.5 Å². The summed E-state index contributed by atoms with van der Waals surface area (Å²) in [4.78, 5) is 12.5. The van der Waals surface area contributed by atoms with Gasteiger partial charge in [-0.3, -0.25) is 4.79 Å². The highest BCUT2D eigenvalue weighted by atomic mass is 79.9. The molecule has 0 aliphatic carbocycles. The van der Waals surface area contributed by atoms with Crippen molar-refractivity contribution in [2.45, 2.75) is 17.9 Å². The largest absolute Gasteiger partial charge is 0.478 e. The lowest BCUT2D eigenvalue weighted by Crippen LogP contribution is -2.40. The number of nitrogens with one attached hydrogen (secondary N) is 1. The maximum absolute atomic E-state index is 13.9. The van der Waals surface area contributed by atoms with E-state index in [1.54, 1.807) is 6.07 Å². The molecule has 1 saturated heterocycles. The molecule has 1 atom stereocenters. The van der Waals surface area contributed by atoms with Gasteiger partial charge in [-0.25, -0.2) is 12.8 Å². The van der Waals surface area contributed by atoms with Gasteiger partial charge in [-0.05, 0) is 49.4 Å². The molecule has 0 saturated carbocycles. The summed E-state index contributed by atoms with van der Waals surface area (Å²) in [6.45, 7) is 2.84. The van der Waals surface area contributed by atoms with Crippen LogP contribution in [0.4, 0.5) is 10.1 Å². The summed E-state index contributed by atoms with van der Waals surface area (Å²) in [6, 6.07) is 10.1. The number of halogens is 2. The average molecular weight is 487 g/mol. The fourth-order valence-corrected chi connectivity index (χ4v) is 4.45. The van der Waals surface area contributed by atoms with E-state index in [1.165, 1.54) is 47.6 Å². The highest BCUT2D eigenvalue weighted by molar-refractivity contribution is 9.10. The Balaban J connectivity index is 1.63. The smallest absolute Gasteiger partial charge is 0.265 e. The third kappa shape index (κ3) is 5.33. The Hall–Kier alpha value is -2.01. The van der Waals surface area contributed by atoms with Crippen LogP contribution in [0.2, 0.25) is 0 Å². The van der Waals surface area contributed by atoms with E-state index in [1.807, 2.05) is 0 Å². The number of anilines is 1. The van der Waals surface area contributed by atoms with Crippen molar-refractivity contribution in [3.05, 3.63) is 52.8 Å². The van der Waals surface area contributed by atoms with Crippen LogP contribution in [0.1, 0.15) is 6.92 Å². The van der Waals surface area contributed by atoms with Crippen molar-refractivity contribution in [1.82, 2.24) is 4.31 Å². The highest BCUT2D eigenvalue weighted by Gasteiger charge is 2.26. The molecule has 1 unspecified atom stereocenters. The first-order valence-electron chi connectivity index (χ1n) is 8.88. The molecule has 10 heteroatoms. The van der Waals surface area contributed by atoms with Crippen molar-refractivity contribution >= 4 is 37.5 Å². The first kappa shape index (κ1) is 21.7. The number of ether oxygens (including phenoxy) is 2. The monoisotopic (exact) mass is 486 g/mol. The van der Waals surface area contributed by atoms with E-state index in [0.717, 1.165) is 0 Å². The predicted octanol–water partition coefficient (Wildman–Crippen LogP) is 3.02. The van der Waals surface area contributed by atoms with Crippen LogP contribution >= 0.6 is 15.9 Å². The minimum absolute atomic E-state index is 0.0391. The molecule has 1 heterocycles. The zero-order chi connectivity index (χ0) is 21.0. The molecule has 1 fully saturated rings. The van der Waals surface area contributed by atoms with Crippen molar-refractivity contribution in [3.63, 3.8) is 0 Å². The van der Waals surface area contributed by atoms with Crippen molar-refractivity contribution < 1.29 is 27.1 Å². The molecule has 0 spiro atoms. The first-order chi connectivity index (χ1) is 13.8. The van der Waals surface area contributed by atoms with Crippen LogP contribution < -0.4 is 10.1 Å². The van der Waals surface area contributed by atoms with Crippen LogP contribution in [0.3, 0.4) is 0 Å². The minimum Gasteiger partial charge on any atom is -0.478 e. The van der Waals surface area contributed by atoms with Crippen LogP contribution in [0.25, 0.3) is 0 Å². The first-order valence-corrected chi connectivity index (χ1v) is 11.1. The van der Waals surface area contributed by atoms with E-state index in [2.05, 4.69) is 21.2 Å². The summed E-state index contributed by atoms with van der Waals surface area (Å²) in [5.74, 6) is -1.12. The molecule has 7 nitrogen and oxygen atoms in total. The number of benzene rings is 2. The van der Waals surface area contributed by atoms with Gasteiger partial charge in [0.25, 0.3) is 5.91 Å². The maximum Gasteiger partial charge on any atom is 0.265 e. The minimum atomic E-state index is -3.60. The Morgan fingerprint density at radius 2 is 1.86 bits per heavy atom. The Labute approximate surface area is 177 Å². The van der Waals surface area contributed by atoms with Gasteiger partial charge in [-0.2, -0.15) is 4.31 Å². The van der Waals surface area contributed by atoms with Gasteiger partial charge < -0.3 is 14.8 Å². The zero-order valence-corrected chi connectivity index (χ0v) is 18.0. The molecular weight excluding hydrogens is 467 g/mol. The molecule has 2 aromatic carbocycles. The summed E-state index contributed by atoms with van der Waals surface area (Å²) in [6.07, 6.45) is -0.956. The van der Waals surface area contributed by atoms with Gasteiger partial charge in [0.2, 0.25) is 10.0 Å². The molecule has 0 aromatic heterocycles. The Kier molecular flexibility index (Phi) is 6.89. The molecular formula is C19H20BrFN2O5S. The van der Waals surface area contributed by atoms with Gasteiger partial charge >= 0.3 is 0 Å². The second-order valence-corrected chi connectivity index (χ2v) is 9.22. The fraction of sp³-hybridized carbons (Fsp3) is 0.316. The average Bonchev–Trinajstić information content (AvgIpc) is 2.71. The van der Waals surface area contributed by atoms with Crippen LogP contribution in [-0.2, 0) is 19.6 Å². The van der Waals surface area contributed by atoms with E-state index in [9.17, 15) is 17.6 Å². The normalized spacial score (nSPS) is 16.2. The number of sulfonamides is 1. The van der Waals surface area contributed by atoms with Crippen LogP contribution in [0.5, 0.6) is 5.75 Å². The zero-order valence-electron chi connectivity index (χ0n) is 15.6. The van der Waals surface area contributed by atoms with Crippen LogP contribution in [0.15, 0.2) is 51.8 Å². The number of rotatable bonds is 6. The SMILES string of the molecule is CC(Oc1ccc(Br)cc1F)C(=O)Nc1ccc(S(=O)(=O)N2CCOCC2)cc1. The van der Waals surface area contributed by atoms with Crippen LogP contribution in [0, 0.1) is 5.82 Å². The number of carbonyl (C=O) groups excluding carboxylic acids is 1. The summed E-state index contributed by atoms with van der Waals surface area (Å²) in [7, 11) is -3.60. The van der Waals surface area contributed by atoms with Crippen molar-refractivity contribution in [3.8, 4) is 5.75 Å². The van der Waals surface area contributed by atoms with E-state index in [4.69, 9.17) is 9.47 Å². The fourth-order valence-electron chi connectivity index (χ4n) is 2.70. The lowest BCUT2D eigenvalue weighted by atomic mass is 10.3. The second kappa shape index (κ2) is 9.21. The maximum atomic E-state index is 13.9. The molecule has 0 bridgehead atoms. The quantitative estimate of drug-likeness (QED) is 0.678. The summed E-state index contributed by atoms with van der Waals surface area (Å²) in [5, 5.41) is 2.63. The molecule has 0 radical (unpaired) electrons. The predicted molar refractivity (Wildman–Crippen MR) is 109 cm³/mol. The van der Waals surface area contributed by atoms with E-state index >= 15 is 0 Å². The molecule has 1 aliphatic rings. The van der Waals surface area contributed by atoms with E-state index in [-0.39, 0.29) is 10.6 Å². The number of amides is 1. The Bertz CT molecular complexity index is 979. The number of carbonyl (C=O) groups is 1. The van der Waals surface area contributed by atoms with E-state index < -0.39 is 27.9 Å². The number of morpholine rings is 1. The Morgan fingerprint density at radius 1 is 1.21 bits per heavy atom. The van der Waals surface area contributed by atoms with Gasteiger partial charge in [0.05, 0.1) is 18.1 Å². The van der Waals surface area contributed by atoms with Crippen molar-refractivity contribution in [2.24, 2.45) is 0 Å². The molecule has 156 valence electrons. The van der Waals surface area contributed by atoms with Gasteiger partial charge in [0.1, 0.15) is 0 Å². The topological polar surface area (TPSA) is 84.9 Å². The third-order valence-electron chi connectivity index (χ3n) is 4.30. The standard InChI is InChI=1S/C19H20BrFN2O5S/c1-13(28-18-7-2-14(20)12-17(18)21)19(24)22-15-3-5-16(6-4-15)29(25,26)23-8-10-27-11-9-23/h2-7,12-13H,8-11H2,1H3,(H,22,24). The molecule has 1 amide bonds. The van der Waals surface area contributed by atoms with Gasteiger partial charge in [-0.15, -0.1) is 0 Å². The van der Waals surface area contributed by atoms with Gasteiger partial charge in [0, 0.05) is 23.2 Å². The number of hydrogen-bond acceptors (Lipinski definition) is 5. The second-order valence-electron chi connectivity index (χ2n) is 6.36. The molecule has 3 rings (SSSR count). The van der Waals surface area contributed by atoms with Crippen molar-refractivity contribution in [1.29, 1.82) is 0 Å². The Morgan fingerprint density at radius 3 is 2.48 bits per heavy atom. The lowest BCUT2D eigenvalue weighted by Gasteiger charge is -2.26.